The van der Waals surface area contributed by atoms with Gasteiger partial charge >= 0.3 is 11.9 Å². The second kappa shape index (κ2) is 7.26. The molecular formula is C11H20O4. The van der Waals surface area contributed by atoms with Crippen LogP contribution in [-0.4, -0.2) is 23.1 Å². The normalized spacial score (nSPS) is 12.5. The van der Waals surface area contributed by atoms with E-state index in [4.69, 9.17) is 9.84 Å². The lowest BCUT2D eigenvalue weighted by Crippen LogP contribution is -2.23. The van der Waals surface area contributed by atoms with Crippen molar-refractivity contribution in [2.45, 2.75) is 52.6 Å². The second-order valence-corrected chi connectivity index (χ2v) is 3.67. The zero-order valence-corrected chi connectivity index (χ0v) is 9.66. The van der Waals surface area contributed by atoms with Gasteiger partial charge in [-0.05, 0) is 25.7 Å². The van der Waals surface area contributed by atoms with Crippen molar-refractivity contribution in [3.8, 4) is 0 Å². The average molecular weight is 216 g/mol. The predicted molar refractivity (Wildman–Crippen MR) is 56.5 cm³/mol. The number of hydrogen-bond donors (Lipinski definition) is 1. The lowest BCUT2D eigenvalue weighted by molar-refractivity contribution is -0.153. The first-order chi connectivity index (χ1) is 7.01. The number of hydrogen-bond acceptors (Lipinski definition) is 3. The van der Waals surface area contributed by atoms with Crippen LogP contribution in [0.15, 0.2) is 0 Å². The van der Waals surface area contributed by atoms with E-state index in [1.54, 1.807) is 0 Å². The van der Waals surface area contributed by atoms with E-state index in [0.717, 1.165) is 12.8 Å². The maximum atomic E-state index is 11.2. The lowest BCUT2D eigenvalue weighted by atomic mass is 9.98. The van der Waals surface area contributed by atoms with Gasteiger partial charge in [0.05, 0.1) is 12.8 Å². The highest BCUT2D eigenvalue weighted by molar-refractivity contribution is 5.76. The fraction of sp³-hybridized carbons (Fsp3) is 0.818. The van der Waals surface area contributed by atoms with Crippen LogP contribution in [0.2, 0.25) is 0 Å². The van der Waals surface area contributed by atoms with Crippen LogP contribution in [-0.2, 0) is 14.3 Å². The molecule has 4 nitrogen and oxygen atoms in total. The van der Waals surface area contributed by atoms with Crippen LogP contribution in [0.5, 0.6) is 0 Å². The zero-order chi connectivity index (χ0) is 11.8. The standard InChI is InChI=1S/C11H20O4/c1-4-9(5-2)8(3)15-11(14)7-6-10(12)13/h8-9H,4-7H2,1-3H3,(H,12,13). The highest BCUT2D eigenvalue weighted by atomic mass is 16.5. The molecule has 0 radical (unpaired) electrons. The molecule has 0 aliphatic carbocycles. The summed E-state index contributed by atoms with van der Waals surface area (Å²) in [6.07, 6.45) is 1.60. The van der Waals surface area contributed by atoms with E-state index in [-0.39, 0.29) is 18.9 Å². The van der Waals surface area contributed by atoms with Crippen LogP contribution < -0.4 is 0 Å². The van der Waals surface area contributed by atoms with Crippen molar-refractivity contribution in [3.05, 3.63) is 0 Å². The molecule has 0 aromatic rings. The van der Waals surface area contributed by atoms with Crippen molar-refractivity contribution in [1.29, 1.82) is 0 Å². The summed E-state index contributed by atoms with van der Waals surface area (Å²) in [5, 5.41) is 8.39. The number of carbonyl (C=O) groups excluding carboxylic acids is 1. The maximum Gasteiger partial charge on any atom is 0.306 e. The number of rotatable bonds is 7. The van der Waals surface area contributed by atoms with E-state index in [9.17, 15) is 9.59 Å². The smallest absolute Gasteiger partial charge is 0.306 e. The highest BCUT2D eigenvalue weighted by Crippen LogP contribution is 2.16. The minimum Gasteiger partial charge on any atom is -0.481 e. The molecule has 88 valence electrons. The Bertz CT molecular complexity index is 209. The van der Waals surface area contributed by atoms with Crippen molar-refractivity contribution in [3.63, 3.8) is 0 Å². The Labute approximate surface area is 90.6 Å². The van der Waals surface area contributed by atoms with Crippen molar-refractivity contribution >= 4 is 11.9 Å². The zero-order valence-electron chi connectivity index (χ0n) is 9.66. The first-order valence-corrected chi connectivity index (χ1v) is 5.42. The molecule has 1 N–H and O–H groups in total. The Hall–Kier alpha value is -1.06. The van der Waals surface area contributed by atoms with Crippen molar-refractivity contribution in [1.82, 2.24) is 0 Å². The Morgan fingerprint density at radius 2 is 1.73 bits per heavy atom. The van der Waals surface area contributed by atoms with Crippen LogP contribution in [0, 0.1) is 5.92 Å². The van der Waals surface area contributed by atoms with Crippen LogP contribution in [0.1, 0.15) is 46.5 Å². The molecule has 1 unspecified atom stereocenters. The van der Waals surface area contributed by atoms with Gasteiger partial charge < -0.3 is 9.84 Å². The molecule has 0 bridgehead atoms. The molecule has 0 rings (SSSR count). The van der Waals surface area contributed by atoms with E-state index in [2.05, 4.69) is 13.8 Å². The minimum atomic E-state index is -0.970. The summed E-state index contributed by atoms with van der Waals surface area (Å²) in [4.78, 5) is 21.4. The summed E-state index contributed by atoms with van der Waals surface area (Å²) in [5.41, 5.74) is 0. The van der Waals surface area contributed by atoms with Crippen molar-refractivity contribution < 1.29 is 19.4 Å². The quantitative estimate of drug-likeness (QED) is 0.663. The summed E-state index contributed by atoms with van der Waals surface area (Å²) in [6, 6.07) is 0. The summed E-state index contributed by atoms with van der Waals surface area (Å²) < 4.78 is 5.14. The van der Waals surface area contributed by atoms with Gasteiger partial charge in [-0.3, -0.25) is 9.59 Å². The molecule has 15 heavy (non-hydrogen) atoms. The Morgan fingerprint density at radius 1 is 1.20 bits per heavy atom. The number of aliphatic carboxylic acids is 1. The fourth-order valence-corrected chi connectivity index (χ4v) is 1.52. The summed E-state index contributed by atoms with van der Waals surface area (Å²) in [6.45, 7) is 5.96. The number of carboxylic acids is 1. The third kappa shape index (κ3) is 6.10. The summed E-state index contributed by atoms with van der Waals surface area (Å²) in [7, 11) is 0. The third-order valence-corrected chi connectivity index (χ3v) is 2.57. The molecular weight excluding hydrogens is 196 g/mol. The molecule has 1 atom stereocenters. The Morgan fingerprint density at radius 3 is 2.13 bits per heavy atom. The molecule has 0 aromatic heterocycles. The molecule has 0 aliphatic heterocycles. The number of carboxylic acid groups (broad SMARTS) is 1. The number of esters is 1. The summed E-state index contributed by atoms with van der Waals surface area (Å²) >= 11 is 0. The molecule has 0 aliphatic rings. The molecule has 0 saturated heterocycles. The van der Waals surface area contributed by atoms with Crippen LogP contribution >= 0.6 is 0 Å². The lowest BCUT2D eigenvalue weighted by Gasteiger charge is -2.21. The monoisotopic (exact) mass is 216 g/mol. The SMILES string of the molecule is CCC(CC)C(C)OC(=O)CCC(=O)O. The van der Waals surface area contributed by atoms with E-state index in [1.807, 2.05) is 6.92 Å². The van der Waals surface area contributed by atoms with Crippen LogP contribution in [0.3, 0.4) is 0 Å². The van der Waals surface area contributed by atoms with Gasteiger partial charge in [-0.1, -0.05) is 13.8 Å². The van der Waals surface area contributed by atoms with Gasteiger partial charge in [-0.15, -0.1) is 0 Å². The molecule has 0 amide bonds. The second-order valence-electron chi connectivity index (χ2n) is 3.67. The molecule has 0 aromatic carbocycles. The molecule has 0 saturated carbocycles. The van der Waals surface area contributed by atoms with Crippen LogP contribution in [0.4, 0.5) is 0 Å². The van der Waals surface area contributed by atoms with Gasteiger partial charge in [0.1, 0.15) is 6.10 Å². The summed E-state index contributed by atoms with van der Waals surface area (Å²) in [5.74, 6) is -1.03. The fourth-order valence-electron chi connectivity index (χ4n) is 1.52. The highest BCUT2D eigenvalue weighted by Gasteiger charge is 2.18. The van der Waals surface area contributed by atoms with Gasteiger partial charge in [0, 0.05) is 0 Å². The maximum absolute atomic E-state index is 11.2. The van der Waals surface area contributed by atoms with E-state index >= 15 is 0 Å². The van der Waals surface area contributed by atoms with Crippen LogP contribution in [0.25, 0.3) is 0 Å². The van der Waals surface area contributed by atoms with Gasteiger partial charge in [-0.25, -0.2) is 0 Å². The van der Waals surface area contributed by atoms with E-state index < -0.39 is 11.9 Å². The van der Waals surface area contributed by atoms with Gasteiger partial charge in [-0.2, -0.15) is 0 Å². The minimum absolute atomic E-state index is 0.0418. The molecule has 0 heterocycles. The van der Waals surface area contributed by atoms with E-state index in [1.165, 1.54) is 0 Å². The van der Waals surface area contributed by atoms with Gasteiger partial charge in [0.25, 0.3) is 0 Å². The predicted octanol–water partition coefficient (Wildman–Crippen LogP) is 2.22. The Kier molecular flexibility index (Phi) is 6.75. The number of carbonyl (C=O) groups is 2. The van der Waals surface area contributed by atoms with Gasteiger partial charge in [0.15, 0.2) is 0 Å². The Balaban J connectivity index is 3.89. The largest absolute Gasteiger partial charge is 0.481 e. The first kappa shape index (κ1) is 13.9. The van der Waals surface area contributed by atoms with Crippen molar-refractivity contribution in [2.24, 2.45) is 5.92 Å². The van der Waals surface area contributed by atoms with Gasteiger partial charge in [0.2, 0.25) is 0 Å². The first-order valence-electron chi connectivity index (χ1n) is 5.42. The number of ether oxygens (including phenoxy) is 1. The third-order valence-electron chi connectivity index (χ3n) is 2.57. The molecule has 0 spiro atoms. The van der Waals surface area contributed by atoms with Crippen molar-refractivity contribution in [2.75, 3.05) is 0 Å². The van der Waals surface area contributed by atoms with E-state index in [0.29, 0.717) is 5.92 Å². The molecule has 4 heteroatoms. The topological polar surface area (TPSA) is 63.6 Å². The average Bonchev–Trinajstić information content (AvgIpc) is 2.16. The molecule has 0 fully saturated rings.